The summed E-state index contributed by atoms with van der Waals surface area (Å²) in [5.74, 6) is -0.463. The second kappa shape index (κ2) is 13.3. The number of carbonyl (C=O) groups is 4. The summed E-state index contributed by atoms with van der Waals surface area (Å²) in [4.78, 5) is 55.8. The molecular weight excluding hydrogens is 617 g/mol. The van der Waals surface area contributed by atoms with Gasteiger partial charge in [-0.05, 0) is 22.6 Å². The number of carbonyl (C=O) groups excluding carboxylic acids is 4. The van der Waals surface area contributed by atoms with Crippen LogP contribution < -0.4 is 10.7 Å². The average molecular weight is 647 g/mol. The molecule has 4 heterocycles. The maximum atomic E-state index is 14.2. The van der Waals surface area contributed by atoms with E-state index < -0.39 is 23.5 Å². The van der Waals surface area contributed by atoms with Crippen LogP contribution in [0.1, 0.15) is 35.5 Å². The summed E-state index contributed by atoms with van der Waals surface area (Å²) < 4.78 is 6.24. The van der Waals surface area contributed by atoms with Crippen LogP contribution in [0.3, 0.4) is 0 Å². The monoisotopic (exact) mass is 646 g/mol. The van der Waals surface area contributed by atoms with Crippen LogP contribution in [0.4, 0.5) is 0 Å². The van der Waals surface area contributed by atoms with Gasteiger partial charge in [-0.15, -0.1) is 34.9 Å². The quantitative estimate of drug-likeness (QED) is 0.244. The van der Waals surface area contributed by atoms with Crippen LogP contribution in [0.2, 0.25) is 0 Å². The fraction of sp³-hybridized carbons (Fsp3) is 0.250. The number of nitrogens with zero attached hydrogens (tertiary/aromatic N) is 2. The van der Waals surface area contributed by atoms with E-state index in [1.54, 1.807) is 18.1 Å². The number of hydrogen-bond donors (Lipinski definition) is 2. The molecule has 3 aliphatic rings. The van der Waals surface area contributed by atoms with Gasteiger partial charge in [0.25, 0.3) is 5.91 Å². The molecule has 9 nitrogen and oxygen atoms in total. The van der Waals surface area contributed by atoms with Crippen LogP contribution in [-0.2, 0) is 30.3 Å². The number of esters is 1. The molecule has 2 atom stereocenters. The molecule has 12 heteroatoms. The number of allylic oxidation sites excluding steroid dienone is 1. The summed E-state index contributed by atoms with van der Waals surface area (Å²) in [5, 5.41) is 6.02. The van der Waals surface area contributed by atoms with Crippen molar-refractivity contribution < 1.29 is 23.9 Å². The van der Waals surface area contributed by atoms with Gasteiger partial charge in [-0.1, -0.05) is 73.7 Å². The minimum Gasteiger partial charge on any atom is -0.448 e. The van der Waals surface area contributed by atoms with E-state index in [2.05, 4.69) is 10.7 Å². The minimum atomic E-state index is -0.749. The first kappa shape index (κ1) is 30.0. The van der Waals surface area contributed by atoms with Crippen LogP contribution in [0.5, 0.6) is 0 Å². The number of rotatable bonds is 10. The lowest BCUT2D eigenvalue weighted by Gasteiger charge is -2.50. The van der Waals surface area contributed by atoms with E-state index in [0.29, 0.717) is 23.6 Å². The Morgan fingerprint density at radius 2 is 1.68 bits per heavy atom. The van der Waals surface area contributed by atoms with E-state index in [4.69, 9.17) is 4.74 Å². The Morgan fingerprint density at radius 1 is 0.977 bits per heavy atom. The molecule has 226 valence electrons. The van der Waals surface area contributed by atoms with E-state index in [-0.39, 0.29) is 29.8 Å². The molecule has 3 amide bonds. The van der Waals surface area contributed by atoms with Gasteiger partial charge in [0.2, 0.25) is 11.8 Å². The van der Waals surface area contributed by atoms with Crippen molar-refractivity contribution in [1.29, 1.82) is 0 Å². The topological polar surface area (TPSA) is 108 Å². The van der Waals surface area contributed by atoms with Gasteiger partial charge in [-0.3, -0.25) is 29.7 Å². The second-order valence-corrected chi connectivity index (χ2v) is 13.4. The summed E-state index contributed by atoms with van der Waals surface area (Å²) in [6.45, 7) is 1.78. The number of thioether (sulfide) groups is 2. The van der Waals surface area contributed by atoms with Crippen LogP contribution in [0, 0.1) is 0 Å². The number of thiophene rings is 1. The van der Waals surface area contributed by atoms with Gasteiger partial charge in [0.05, 0.1) is 12.3 Å². The highest BCUT2D eigenvalue weighted by atomic mass is 32.2. The highest BCUT2D eigenvalue weighted by Gasteiger charge is 2.55. The third kappa shape index (κ3) is 6.28. The standard InChI is InChI=1S/C32H30N4O5S3/c1-2-25(37)34-35-17-24(44-19-35)23-18-43-31-27(33-26(38)16-22-14-9-15-42-22)30(39)36(31)28(23)32(40)41-29(20-10-5-3-6-11-20)21-12-7-4-8-13-21/h3-15,17,27,29,31H,2,16,18-19H2,1H3,(H,33,38)(H,34,37). The van der Waals surface area contributed by atoms with E-state index >= 15 is 0 Å². The summed E-state index contributed by atoms with van der Waals surface area (Å²) in [6.07, 6.45) is 1.62. The van der Waals surface area contributed by atoms with E-state index in [1.165, 1.54) is 39.8 Å². The minimum absolute atomic E-state index is 0.123. The van der Waals surface area contributed by atoms with Crippen molar-refractivity contribution in [1.82, 2.24) is 20.7 Å². The van der Waals surface area contributed by atoms with Gasteiger partial charge in [0.15, 0.2) is 6.10 Å². The van der Waals surface area contributed by atoms with Gasteiger partial charge in [-0.25, -0.2) is 4.79 Å². The zero-order valence-corrected chi connectivity index (χ0v) is 26.3. The summed E-state index contributed by atoms with van der Waals surface area (Å²) in [5.41, 5.74) is 5.25. The van der Waals surface area contributed by atoms with E-state index in [1.807, 2.05) is 78.2 Å². The Kier molecular flexibility index (Phi) is 9.10. The number of nitrogens with one attached hydrogen (secondary N) is 2. The van der Waals surface area contributed by atoms with Gasteiger partial charge in [-0.2, -0.15) is 0 Å². The Labute approximate surface area is 267 Å². The van der Waals surface area contributed by atoms with Crippen molar-refractivity contribution >= 4 is 58.6 Å². The van der Waals surface area contributed by atoms with Crippen molar-refractivity contribution in [3.8, 4) is 0 Å². The Bertz CT molecular complexity index is 1570. The molecule has 0 radical (unpaired) electrons. The molecule has 3 aromatic rings. The van der Waals surface area contributed by atoms with Gasteiger partial charge in [0, 0.05) is 33.7 Å². The lowest BCUT2D eigenvalue weighted by Crippen LogP contribution is -2.70. The molecule has 2 aromatic carbocycles. The lowest BCUT2D eigenvalue weighted by atomic mass is 10.0. The fourth-order valence-corrected chi connectivity index (χ4v) is 8.29. The zero-order valence-electron chi connectivity index (χ0n) is 23.8. The Morgan fingerprint density at radius 3 is 2.32 bits per heavy atom. The smallest absolute Gasteiger partial charge is 0.356 e. The zero-order chi connectivity index (χ0) is 30.6. The average Bonchev–Trinajstić information content (AvgIpc) is 3.74. The molecule has 44 heavy (non-hydrogen) atoms. The molecule has 0 aliphatic carbocycles. The molecule has 0 spiro atoms. The Balaban J connectivity index is 1.31. The number of hydrogen-bond acceptors (Lipinski definition) is 9. The van der Waals surface area contributed by atoms with Crippen molar-refractivity contribution in [2.75, 3.05) is 11.6 Å². The number of fused-ring (bicyclic) bond motifs is 1. The maximum absolute atomic E-state index is 14.2. The predicted octanol–water partition coefficient (Wildman–Crippen LogP) is 4.57. The maximum Gasteiger partial charge on any atom is 0.356 e. The van der Waals surface area contributed by atoms with Crippen LogP contribution in [-0.4, -0.2) is 56.6 Å². The number of hydrazine groups is 1. The normalized spacial score (nSPS) is 19.3. The fourth-order valence-electron chi connectivity index (χ4n) is 5.16. The summed E-state index contributed by atoms with van der Waals surface area (Å²) in [6, 6.07) is 22.0. The molecular formula is C32H30N4O5S3. The highest BCUT2D eigenvalue weighted by molar-refractivity contribution is 8.03. The van der Waals surface area contributed by atoms with Crippen molar-refractivity contribution in [3.05, 3.63) is 117 Å². The van der Waals surface area contributed by atoms with Crippen molar-refractivity contribution in [3.63, 3.8) is 0 Å². The SMILES string of the molecule is CCC(=O)NN1C=C(C2=C(C(=O)OC(c3ccccc3)c3ccccc3)N3C(=O)C(NC(=O)Cc4cccs4)C3SC2)SC1. The van der Waals surface area contributed by atoms with Crippen LogP contribution in [0.25, 0.3) is 0 Å². The number of benzene rings is 2. The first-order chi connectivity index (χ1) is 21.4. The van der Waals surface area contributed by atoms with Crippen LogP contribution in [0.15, 0.2) is 101 Å². The second-order valence-electron chi connectivity index (χ2n) is 10.3. The van der Waals surface area contributed by atoms with E-state index in [0.717, 1.165) is 20.9 Å². The number of β-lactam (4-membered cyclic amide) rings is 1. The van der Waals surface area contributed by atoms with E-state index in [9.17, 15) is 19.2 Å². The molecule has 3 aliphatic heterocycles. The van der Waals surface area contributed by atoms with Crippen molar-refractivity contribution in [2.45, 2.75) is 37.3 Å². The third-order valence-electron chi connectivity index (χ3n) is 7.34. The molecule has 6 rings (SSSR count). The number of amides is 3. The van der Waals surface area contributed by atoms with Crippen molar-refractivity contribution in [2.24, 2.45) is 0 Å². The molecule has 1 saturated heterocycles. The predicted molar refractivity (Wildman–Crippen MR) is 172 cm³/mol. The molecule has 1 aromatic heterocycles. The molecule has 2 unspecified atom stereocenters. The first-order valence-electron chi connectivity index (χ1n) is 14.1. The molecule has 2 N–H and O–H groups in total. The highest BCUT2D eigenvalue weighted by Crippen LogP contribution is 2.46. The van der Waals surface area contributed by atoms with Gasteiger partial charge >= 0.3 is 5.97 Å². The van der Waals surface area contributed by atoms with Gasteiger partial charge < -0.3 is 10.1 Å². The summed E-state index contributed by atoms with van der Waals surface area (Å²) in [7, 11) is 0. The molecule has 1 fully saturated rings. The van der Waals surface area contributed by atoms with Gasteiger partial charge in [0.1, 0.15) is 17.1 Å². The Hall–Kier alpha value is -4.00. The summed E-state index contributed by atoms with van der Waals surface area (Å²) >= 11 is 4.45. The van der Waals surface area contributed by atoms with Crippen LogP contribution >= 0.6 is 34.9 Å². The number of ether oxygens (including phenoxy) is 1. The first-order valence-corrected chi connectivity index (χ1v) is 17.1. The largest absolute Gasteiger partial charge is 0.448 e. The lowest BCUT2D eigenvalue weighted by molar-refractivity contribution is -0.154. The third-order valence-corrected chi connectivity index (χ3v) is 10.6. The molecule has 0 bridgehead atoms. The molecule has 0 saturated carbocycles.